The topological polar surface area (TPSA) is 13.1 Å². The SMILES string of the molecule is C(=C\c1ccccc1-c1cc2ccccc2o1)/c1ccccc1. The normalized spacial score (nSPS) is 11.3. The molecule has 0 atom stereocenters. The highest BCUT2D eigenvalue weighted by molar-refractivity contribution is 5.86. The average Bonchev–Trinajstić information content (AvgIpc) is 3.05. The van der Waals surface area contributed by atoms with Crippen molar-refractivity contribution >= 4 is 23.1 Å². The third-order valence-corrected chi connectivity index (χ3v) is 3.91. The molecule has 0 spiro atoms. The predicted molar refractivity (Wildman–Crippen MR) is 97.0 cm³/mol. The minimum absolute atomic E-state index is 0.902. The second kappa shape index (κ2) is 5.98. The minimum Gasteiger partial charge on any atom is -0.456 e. The van der Waals surface area contributed by atoms with Crippen molar-refractivity contribution in [2.24, 2.45) is 0 Å². The minimum atomic E-state index is 0.902. The van der Waals surface area contributed by atoms with Gasteiger partial charge in [0.05, 0.1) is 0 Å². The summed E-state index contributed by atoms with van der Waals surface area (Å²) in [6, 6.07) is 28.8. The summed E-state index contributed by atoms with van der Waals surface area (Å²) in [7, 11) is 0. The molecule has 1 heteroatoms. The van der Waals surface area contributed by atoms with Gasteiger partial charge in [0.1, 0.15) is 11.3 Å². The van der Waals surface area contributed by atoms with Crippen molar-refractivity contribution in [3.63, 3.8) is 0 Å². The first-order chi connectivity index (χ1) is 11.4. The van der Waals surface area contributed by atoms with Crippen molar-refractivity contribution in [1.82, 2.24) is 0 Å². The summed E-state index contributed by atoms with van der Waals surface area (Å²) in [5, 5.41) is 1.13. The van der Waals surface area contributed by atoms with Crippen LogP contribution in [0.2, 0.25) is 0 Å². The molecule has 0 aliphatic rings. The average molecular weight is 296 g/mol. The van der Waals surface area contributed by atoms with E-state index >= 15 is 0 Å². The van der Waals surface area contributed by atoms with Crippen molar-refractivity contribution < 1.29 is 4.42 Å². The lowest BCUT2D eigenvalue weighted by atomic mass is 10.0. The molecule has 1 aromatic heterocycles. The van der Waals surface area contributed by atoms with Crippen LogP contribution in [0.1, 0.15) is 11.1 Å². The van der Waals surface area contributed by atoms with Crippen LogP contribution in [-0.4, -0.2) is 0 Å². The molecule has 0 aliphatic carbocycles. The van der Waals surface area contributed by atoms with E-state index in [1.165, 1.54) is 5.56 Å². The molecule has 0 fully saturated rings. The molecular formula is C22H16O. The second-order valence-corrected chi connectivity index (χ2v) is 5.48. The lowest BCUT2D eigenvalue weighted by Crippen LogP contribution is -1.80. The Labute approximate surface area is 135 Å². The van der Waals surface area contributed by atoms with Crippen LogP contribution in [0.25, 0.3) is 34.4 Å². The van der Waals surface area contributed by atoms with Gasteiger partial charge in [-0.3, -0.25) is 0 Å². The third-order valence-electron chi connectivity index (χ3n) is 3.91. The summed E-state index contributed by atoms with van der Waals surface area (Å²) < 4.78 is 6.01. The van der Waals surface area contributed by atoms with Gasteiger partial charge in [-0.15, -0.1) is 0 Å². The van der Waals surface area contributed by atoms with Crippen LogP contribution in [-0.2, 0) is 0 Å². The third kappa shape index (κ3) is 2.82. The molecule has 23 heavy (non-hydrogen) atoms. The van der Waals surface area contributed by atoms with E-state index in [9.17, 15) is 0 Å². The van der Waals surface area contributed by atoms with Gasteiger partial charge in [-0.2, -0.15) is 0 Å². The van der Waals surface area contributed by atoms with E-state index in [-0.39, 0.29) is 0 Å². The Morgan fingerprint density at radius 1 is 0.652 bits per heavy atom. The molecule has 4 rings (SSSR count). The number of hydrogen-bond acceptors (Lipinski definition) is 1. The molecule has 0 N–H and O–H groups in total. The lowest BCUT2D eigenvalue weighted by Gasteiger charge is -2.02. The van der Waals surface area contributed by atoms with Gasteiger partial charge in [0.15, 0.2) is 0 Å². The number of hydrogen-bond donors (Lipinski definition) is 0. The van der Waals surface area contributed by atoms with Gasteiger partial charge >= 0.3 is 0 Å². The molecule has 0 radical (unpaired) electrons. The number of rotatable bonds is 3. The Kier molecular flexibility index (Phi) is 3.53. The van der Waals surface area contributed by atoms with Gasteiger partial charge in [-0.25, -0.2) is 0 Å². The van der Waals surface area contributed by atoms with Crippen LogP contribution in [0, 0.1) is 0 Å². The molecule has 0 saturated heterocycles. The van der Waals surface area contributed by atoms with Crippen molar-refractivity contribution in [3.05, 3.63) is 96.1 Å². The summed E-state index contributed by atoms with van der Waals surface area (Å²) in [4.78, 5) is 0. The molecule has 0 bridgehead atoms. The first-order valence-corrected chi connectivity index (χ1v) is 7.71. The monoisotopic (exact) mass is 296 g/mol. The molecule has 3 aromatic carbocycles. The zero-order chi connectivity index (χ0) is 15.5. The van der Waals surface area contributed by atoms with Crippen LogP contribution in [0.3, 0.4) is 0 Å². The Morgan fingerprint density at radius 3 is 2.26 bits per heavy atom. The highest BCUT2D eigenvalue weighted by Crippen LogP contribution is 2.30. The number of fused-ring (bicyclic) bond motifs is 1. The smallest absolute Gasteiger partial charge is 0.136 e. The van der Waals surface area contributed by atoms with Gasteiger partial charge in [0.25, 0.3) is 0 Å². The highest BCUT2D eigenvalue weighted by Gasteiger charge is 2.08. The molecule has 0 amide bonds. The fourth-order valence-electron chi connectivity index (χ4n) is 2.73. The molecule has 0 aliphatic heterocycles. The summed E-state index contributed by atoms with van der Waals surface area (Å²) in [5.74, 6) is 0.902. The first-order valence-electron chi connectivity index (χ1n) is 7.71. The zero-order valence-electron chi connectivity index (χ0n) is 12.6. The molecule has 1 nitrogen and oxygen atoms in total. The van der Waals surface area contributed by atoms with Crippen molar-refractivity contribution in [2.75, 3.05) is 0 Å². The maximum Gasteiger partial charge on any atom is 0.136 e. The highest BCUT2D eigenvalue weighted by atomic mass is 16.3. The summed E-state index contributed by atoms with van der Waals surface area (Å²) >= 11 is 0. The van der Waals surface area contributed by atoms with Crippen LogP contribution in [0.15, 0.2) is 89.3 Å². The van der Waals surface area contributed by atoms with Gasteiger partial charge < -0.3 is 4.42 Å². The second-order valence-electron chi connectivity index (χ2n) is 5.48. The predicted octanol–water partition coefficient (Wildman–Crippen LogP) is 6.27. The molecule has 0 saturated carbocycles. The number of benzene rings is 3. The summed E-state index contributed by atoms with van der Waals surface area (Å²) in [5.41, 5.74) is 4.36. The molecule has 110 valence electrons. The van der Waals surface area contributed by atoms with Gasteiger partial charge in [0, 0.05) is 10.9 Å². The molecule has 1 heterocycles. The van der Waals surface area contributed by atoms with Crippen molar-refractivity contribution in [1.29, 1.82) is 0 Å². The molecule has 4 aromatic rings. The van der Waals surface area contributed by atoms with E-state index in [1.54, 1.807) is 0 Å². The van der Waals surface area contributed by atoms with E-state index in [4.69, 9.17) is 4.42 Å². The van der Waals surface area contributed by atoms with Gasteiger partial charge in [-0.1, -0.05) is 84.9 Å². The first kappa shape index (κ1) is 13.6. The van der Waals surface area contributed by atoms with E-state index < -0.39 is 0 Å². The van der Waals surface area contributed by atoms with Gasteiger partial charge in [-0.05, 0) is 23.3 Å². The lowest BCUT2D eigenvalue weighted by molar-refractivity contribution is 0.631. The van der Waals surface area contributed by atoms with E-state index in [2.05, 4.69) is 54.6 Å². The van der Waals surface area contributed by atoms with E-state index in [1.807, 2.05) is 42.5 Å². The fraction of sp³-hybridized carbons (Fsp3) is 0. The van der Waals surface area contributed by atoms with Crippen LogP contribution >= 0.6 is 0 Å². The van der Waals surface area contributed by atoms with E-state index in [0.717, 1.165) is 27.9 Å². The Morgan fingerprint density at radius 2 is 1.39 bits per heavy atom. The Bertz CT molecular complexity index is 928. The van der Waals surface area contributed by atoms with Crippen LogP contribution in [0.5, 0.6) is 0 Å². The number of furan rings is 1. The van der Waals surface area contributed by atoms with Crippen molar-refractivity contribution in [2.45, 2.75) is 0 Å². The Hall–Kier alpha value is -3.06. The molecular weight excluding hydrogens is 280 g/mol. The summed E-state index contributed by atoms with van der Waals surface area (Å²) in [6.07, 6.45) is 4.26. The van der Waals surface area contributed by atoms with Gasteiger partial charge in [0.2, 0.25) is 0 Å². The van der Waals surface area contributed by atoms with Crippen molar-refractivity contribution in [3.8, 4) is 11.3 Å². The largest absolute Gasteiger partial charge is 0.456 e. The van der Waals surface area contributed by atoms with Crippen LogP contribution in [0.4, 0.5) is 0 Å². The molecule has 0 unspecified atom stereocenters. The van der Waals surface area contributed by atoms with Crippen LogP contribution < -0.4 is 0 Å². The van der Waals surface area contributed by atoms with E-state index in [0.29, 0.717) is 0 Å². The zero-order valence-corrected chi connectivity index (χ0v) is 12.6. The quantitative estimate of drug-likeness (QED) is 0.406. The Balaban J connectivity index is 1.76. The standard InChI is InChI=1S/C22H16O/c1-2-8-17(9-3-1)14-15-18-10-4-6-12-20(18)22-16-19-11-5-7-13-21(19)23-22/h1-16H/b15-14+. The number of para-hydroxylation sites is 1. The fourth-order valence-corrected chi connectivity index (χ4v) is 2.73. The summed E-state index contributed by atoms with van der Waals surface area (Å²) in [6.45, 7) is 0. The maximum atomic E-state index is 6.01. The maximum absolute atomic E-state index is 6.01.